The van der Waals surface area contributed by atoms with Gasteiger partial charge in [-0.25, -0.2) is 4.39 Å². The molecule has 11 heteroatoms. The second-order valence-corrected chi connectivity index (χ2v) is 6.58. The summed E-state index contributed by atoms with van der Waals surface area (Å²) in [6.45, 7) is 0.140. The fourth-order valence-corrected chi connectivity index (χ4v) is 3.13. The van der Waals surface area contributed by atoms with Crippen molar-refractivity contribution in [1.29, 1.82) is 0 Å². The van der Waals surface area contributed by atoms with E-state index in [0.29, 0.717) is 17.1 Å². The van der Waals surface area contributed by atoms with Crippen molar-refractivity contribution in [2.24, 2.45) is 0 Å². The SMILES string of the molecule is Fc1cc(Cn2nnc(-c3nccc4ccccc34)n2)ccc1-c1nnc(C(F)F)o1. The first-order chi connectivity index (χ1) is 15.1. The molecule has 2 aromatic carbocycles. The van der Waals surface area contributed by atoms with Crippen molar-refractivity contribution in [2.45, 2.75) is 13.0 Å². The third-order valence-corrected chi connectivity index (χ3v) is 4.55. The molecule has 0 aliphatic heterocycles. The van der Waals surface area contributed by atoms with Gasteiger partial charge in [-0.05, 0) is 34.4 Å². The molecule has 0 saturated carbocycles. The van der Waals surface area contributed by atoms with Gasteiger partial charge in [-0.2, -0.15) is 13.6 Å². The van der Waals surface area contributed by atoms with Crippen molar-refractivity contribution in [3.8, 4) is 23.0 Å². The first kappa shape index (κ1) is 18.9. The average Bonchev–Trinajstić information content (AvgIpc) is 3.44. The van der Waals surface area contributed by atoms with Gasteiger partial charge in [0.15, 0.2) is 0 Å². The van der Waals surface area contributed by atoms with E-state index in [1.54, 1.807) is 12.3 Å². The van der Waals surface area contributed by atoms with Crippen molar-refractivity contribution < 1.29 is 17.6 Å². The summed E-state index contributed by atoms with van der Waals surface area (Å²) in [5, 5.41) is 21.0. The number of alkyl halides is 2. The summed E-state index contributed by atoms with van der Waals surface area (Å²) in [7, 11) is 0. The molecule has 0 saturated heterocycles. The minimum Gasteiger partial charge on any atom is -0.415 e. The maximum atomic E-state index is 14.5. The molecule has 0 bridgehead atoms. The minimum atomic E-state index is -2.92. The number of hydrogen-bond donors (Lipinski definition) is 0. The van der Waals surface area contributed by atoms with Crippen LogP contribution in [-0.2, 0) is 6.54 Å². The number of fused-ring (bicyclic) bond motifs is 1. The summed E-state index contributed by atoms with van der Waals surface area (Å²) >= 11 is 0. The van der Waals surface area contributed by atoms with Gasteiger partial charge in [0.1, 0.15) is 11.5 Å². The summed E-state index contributed by atoms with van der Waals surface area (Å²) < 4.78 is 44.5. The molecule has 0 aliphatic rings. The quantitative estimate of drug-likeness (QED) is 0.421. The van der Waals surface area contributed by atoms with Gasteiger partial charge in [0.2, 0.25) is 5.82 Å². The molecule has 0 N–H and O–H groups in total. The van der Waals surface area contributed by atoms with Gasteiger partial charge in [-0.15, -0.1) is 20.4 Å². The molecule has 0 atom stereocenters. The van der Waals surface area contributed by atoms with Crippen LogP contribution in [0.15, 0.2) is 59.1 Å². The monoisotopic (exact) mass is 423 g/mol. The molecule has 154 valence electrons. The Bertz CT molecular complexity index is 1380. The predicted molar refractivity (Wildman–Crippen MR) is 102 cm³/mol. The number of halogens is 3. The van der Waals surface area contributed by atoms with Gasteiger partial charge < -0.3 is 4.42 Å². The fourth-order valence-electron chi connectivity index (χ4n) is 3.13. The zero-order chi connectivity index (χ0) is 21.4. The number of benzene rings is 2. The number of tetrazole rings is 1. The number of hydrogen-bond acceptors (Lipinski definition) is 7. The van der Waals surface area contributed by atoms with Crippen molar-refractivity contribution in [3.05, 3.63) is 72.0 Å². The van der Waals surface area contributed by atoms with Crippen LogP contribution in [0.1, 0.15) is 17.9 Å². The summed E-state index contributed by atoms with van der Waals surface area (Å²) in [6, 6.07) is 13.8. The van der Waals surface area contributed by atoms with Crippen LogP contribution in [0.5, 0.6) is 0 Å². The van der Waals surface area contributed by atoms with Crippen LogP contribution in [0.4, 0.5) is 13.2 Å². The third-order valence-electron chi connectivity index (χ3n) is 4.55. The molecule has 0 amide bonds. The van der Waals surface area contributed by atoms with Gasteiger partial charge in [0.25, 0.3) is 11.8 Å². The Morgan fingerprint density at radius 2 is 1.87 bits per heavy atom. The Morgan fingerprint density at radius 1 is 1.00 bits per heavy atom. The van der Waals surface area contributed by atoms with Crippen LogP contribution < -0.4 is 0 Å². The standard InChI is InChI=1S/C20H12F3N7O/c21-15-9-11(5-6-14(15)19-26-27-20(31-19)17(22)23)10-30-28-18(25-29-30)16-13-4-2-1-3-12(13)7-8-24-16/h1-9,17H,10H2. The van der Waals surface area contributed by atoms with Gasteiger partial charge >= 0.3 is 6.43 Å². The maximum Gasteiger partial charge on any atom is 0.314 e. The molecular formula is C20H12F3N7O. The van der Waals surface area contributed by atoms with Crippen molar-refractivity contribution in [3.63, 3.8) is 0 Å². The van der Waals surface area contributed by atoms with E-state index in [-0.39, 0.29) is 18.0 Å². The lowest BCUT2D eigenvalue weighted by atomic mass is 10.1. The van der Waals surface area contributed by atoms with Gasteiger partial charge in [-0.1, -0.05) is 30.3 Å². The lowest BCUT2D eigenvalue weighted by Gasteiger charge is -2.03. The molecule has 0 spiro atoms. The molecule has 3 aromatic heterocycles. The molecule has 8 nitrogen and oxygen atoms in total. The van der Waals surface area contributed by atoms with Crippen molar-refractivity contribution in [1.82, 2.24) is 35.4 Å². The molecule has 5 aromatic rings. The zero-order valence-electron chi connectivity index (χ0n) is 15.7. The van der Waals surface area contributed by atoms with Crippen LogP contribution in [0.2, 0.25) is 0 Å². The normalized spacial score (nSPS) is 11.5. The van der Waals surface area contributed by atoms with Crippen LogP contribution >= 0.6 is 0 Å². The molecule has 0 fully saturated rings. The Hall–Kier alpha value is -4.15. The fraction of sp³-hybridized carbons (Fsp3) is 0.100. The molecular weight excluding hydrogens is 411 g/mol. The van der Waals surface area contributed by atoms with E-state index in [4.69, 9.17) is 4.42 Å². The molecule has 3 heterocycles. The lowest BCUT2D eigenvalue weighted by Crippen LogP contribution is -2.04. The number of nitrogens with zero attached hydrogens (tertiary/aromatic N) is 7. The molecule has 0 radical (unpaired) electrons. The van der Waals surface area contributed by atoms with Crippen LogP contribution in [0.25, 0.3) is 33.7 Å². The molecule has 31 heavy (non-hydrogen) atoms. The van der Waals surface area contributed by atoms with E-state index in [1.807, 2.05) is 30.3 Å². The Morgan fingerprint density at radius 3 is 2.68 bits per heavy atom. The van der Waals surface area contributed by atoms with E-state index in [1.165, 1.54) is 16.9 Å². The van der Waals surface area contributed by atoms with Crippen molar-refractivity contribution >= 4 is 10.8 Å². The van der Waals surface area contributed by atoms with E-state index in [0.717, 1.165) is 10.8 Å². The number of pyridine rings is 1. The van der Waals surface area contributed by atoms with E-state index in [2.05, 4.69) is 30.6 Å². The molecule has 0 unspecified atom stereocenters. The van der Waals surface area contributed by atoms with E-state index >= 15 is 0 Å². The highest BCUT2D eigenvalue weighted by Crippen LogP contribution is 2.26. The van der Waals surface area contributed by atoms with Gasteiger partial charge in [-0.3, -0.25) is 4.98 Å². The predicted octanol–water partition coefficient (Wildman–Crippen LogP) is 4.06. The van der Waals surface area contributed by atoms with Crippen LogP contribution in [0, 0.1) is 5.82 Å². The summed E-state index contributed by atoms with van der Waals surface area (Å²) in [4.78, 5) is 5.67. The Labute approximate surface area is 172 Å². The van der Waals surface area contributed by atoms with Gasteiger partial charge in [0.05, 0.1) is 12.1 Å². The highest BCUT2D eigenvalue weighted by Gasteiger charge is 2.19. The van der Waals surface area contributed by atoms with Crippen LogP contribution in [-0.4, -0.2) is 35.4 Å². The minimum absolute atomic E-state index is 0.0738. The lowest BCUT2D eigenvalue weighted by molar-refractivity contribution is 0.116. The zero-order valence-corrected chi connectivity index (χ0v) is 15.7. The van der Waals surface area contributed by atoms with E-state index < -0.39 is 18.1 Å². The molecule has 0 aliphatic carbocycles. The maximum absolute atomic E-state index is 14.5. The average molecular weight is 423 g/mol. The first-order valence-corrected chi connectivity index (χ1v) is 9.11. The number of rotatable bonds is 5. The van der Waals surface area contributed by atoms with Crippen molar-refractivity contribution in [2.75, 3.05) is 0 Å². The van der Waals surface area contributed by atoms with E-state index in [9.17, 15) is 13.2 Å². The van der Waals surface area contributed by atoms with Gasteiger partial charge in [0, 0.05) is 11.6 Å². The highest BCUT2D eigenvalue weighted by atomic mass is 19.3. The van der Waals surface area contributed by atoms with Crippen LogP contribution in [0.3, 0.4) is 0 Å². The number of aromatic nitrogens is 7. The topological polar surface area (TPSA) is 95.4 Å². The Balaban J connectivity index is 1.39. The first-order valence-electron chi connectivity index (χ1n) is 9.11. The summed E-state index contributed by atoms with van der Waals surface area (Å²) in [5.74, 6) is -1.53. The second kappa shape index (κ2) is 7.59. The summed E-state index contributed by atoms with van der Waals surface area (Å²) in [6.07, 6.45) is -1.25. The smallest absolute Gasteiger partial charge is 0.314 e. The summed E-state index contributed by atoms with van der Waals surface area (Å²) in [5.41, 5.74) is 1.05. The highest BCUT2D eigenvalue weighted by molar-refractivity contribution is 5.92. The third kappa shape index (κ3) is 3.61. The second-order valence-electron chi connectivity index (χ2n) is 6.58. The largest absolute Gasteiger partial charge is 0.415 e. The Kier molecular flexibility index (Phi) is 4.62. The molecule has 5 rings (SSSR count).